The van der Waals surface area contributed by atoms with Gasteiger partial charge in [-0.2, -0.15) is 11.3 Å². The van der Waals surface area contributed by atoms with Crippen molar-refractivity contribution in [3.8, 4) is 0 Å². The summed E-state index contributed by atoms with van der Waals surface area (Å²) in [4.78, 5) is 6.62. The number of piperidine rings is 1. The fourth-order valence-electron chi connectivity index (χ4n) is 4.37. The highest BCUT2D eigenvalue weighted by atomic mass is 32.1. The third-order valence-electron chi connectivity index (χ3n) is 5.92. The highest BCUT2D eigenvalue weighted by molar-refractivity contribution is 7.07. The van der Waals surface area contributed by atoms with E-state index in [0.717, 1.165) is 52.1 Å². The maximum Gasteiger partial charge on any atom is 0.0736 e. The Morgan fingerprint density at radius 3 is 2.81 bits per heavy atom. The number of pyridine rings is 1. The van der Waals surface area contributed by atoms with Crippen molar-refractivity contribution < 1.29 is 9.47 Å². The largest absolute Gasteiger partial charge is 0.377 e. The fraction of sp³-hybridized carbons (Fsp3) is 0.571. The summed E-state index contributed by atoms with van der Waals surface area (Å²) in [6.45, 7) is 5.78. The number of nitrogens with zero attached hydrogens (tertiary/aromatic N) is 2. The van der Waals surface area contributed by atoms with E-state index in [1.807, 2.05) is 24.5 Å². The summed E-state index contributed by atoms with van der Waals surface area (Å²) in [5.41, 5.74) is 2.74. The van der Waals surface area contributed by atoms with Crippen LogP contribution < -0.4 is 0 Å². The number of likely N-dealkylation sites (tertiary alicyclic amines) is 1. The Morgan fingerprint density at radius 2 is 2.04 bits per heavy atom. The molecule has 2 aliphatic rings. The Balaban J connectivity index is 1.23. The molecule has 26 heavy (non-hydrogen) atoms. The van der Waals surface area contributed by atoms with Gasteiger partial charge in [0.25, 0.3) is 0 Å². The zero-order valence-corrected chi connectivity index (χ0v) is 16.1. The van der Waals surface area contributed by atoms with Crippen LogP contribution in [0, 0.1) is 5.92 Å². The normalized spacial score (nSPS) is 22.8. The van der Waals surface area contributed by atoms with E-state index in [-0.39, 0.29) is 5.60 Å². The Hall–Kier alpha value is -1.27. The minimum atomic E-state index is 0.102. The van der Waals surface area contributed by atoms with Gasteiger partial charge in [-0.1, -0.05) is 0 Å². The Morgan fingerprint density at radius 1 is 1.19 bits per heavy atom. The Labute approximate surface area is 160 Å². The second-order valence-corrected chi connectivity index (χ2v) is 8.28. The van der Waals surface area contributed by atoms with Gasteiger partial charge in [-0.25, -0.2) is 0 Å². The van der Waals surface area contributed by atoms with Gasteiger partial charge in [-0.3, -0.25) is 9.88 Å². The minimum absolute atomic E-state index is 0.102. The van der Waals surface area contributed by atoms with Crippen LogP contribution in [0.1, 0.15) is 36.8 Å². The van der Waals surface area contributed by atoms with Gasteiger partial charge in [0.05, 0.1) is 12.2 Å². The quantitative estimate of drug-likeness (QED) is 0.685. The van der Waals surface area contributed by atoms with Crippen LogP contribution in [0.3, 0.4) is 0 Å². The third-order valence-corrected chi connectivity index (χ3v) is 6.65. The van der Waals surface area contributed by atoms with Gasteiger partial charge in [-0.05, 0) is 71.7 Å². The molecule has 0 saturated carbocycles. The van der Waals surface area contributed by atoms with Crippen LogP contribution in [-0.4, -0.2) is 41.8 Å². The van der Waals surface area contributed by atoms with Crippen LogP contribution in [0.4, 0.5) is 0 Å². The van der Waals surface area contributed by atoms with E-state index < -0.39 is 0 Å². The first-order valence-electron chi connectivity index (χ1n) is 9.68. The van der Waals surface area contributed by atoms with Crippen molar-refractivity contribution in [2.45, 2.75) is 44.4 Å². The monoisotopic (exact) mass is 372 g/mol. The van der Waals surface area contributed by atoms with Crippen LogP contribution in [0.25, 0.3) is 0 Å². The molecule has 2 aliphatic heterocycles. The molecule has 0 N–H and O–H groups in total. The lowest BCUT2D eigenvalue weighted by Gasteiger charge is -2.42. The number of hydrogen-bond donors (Lipinski definition) is 0. The molecule has 4 heterocycles. The summed E-state index contributed by atoms with van der Waals surface area (Å²) in [6.07, 6.45) is 8.25. The highest BCUT2D eigenvalue weighted by Gasteiger charge is 2.45. The van der Waals surface area contributed by atoms with Gasteiger partial charge < -0.3 is 9.47 Å². The summed E-state index contributed by atoms with van der Waals surface area (Å²) < 4.78 is 12.2. The van der Waals surface area contributed by atoms with Crippen LogP contribution in [0.2, 0.25) is 0 Å². The molecule has 0 radical (unpaired) electrons. The molecular formula is C21H28N2O2S. The summed E-state index contributed by atoms with van der Waals surface area (Å²) >= 11 is 1.79. The molecule has 0 unspecified atom stereocenters. The van der Waals surface area contributed by atoms with Gasteiger partial charge >= 0.3 is 0 Å². The zero-order chi connectivity index (χ0) is 17.7. The summed E-state index contributed by atoms with van der Waals surface area (Å²) in [7, 11) is 0. The first kappa shape index (κ1) is 18.1. The van der Waals surface area contributed by atoms with Crippen molar-refractivity contribution in [2.24, 2.45) is 5.92 Å². The molecule has 0 bridgehead atoms. The number of rotatable bonds is 7. The van der Waals surface area contributed by atoms with E-state index >= 15 is 0 Å². The number of ether oxygens (including phenoxy) is 2. The highest BCUT2D eigenvalue weighted by Crippen LogP contribution is 2.42. The predicted octanol–water partition coefficient (Wildman–Crippen LogP) is 4.12. The van der Waals surface area contributed by atoms with E-state index in [9.17, 15) is 0 Å². The van der Waals surface area contributed by atoms with Gasteiger partial charge in [0, 0.05) is 45.2 Å². The maximum absolute atomic E-state index is 6.30. The smallest absolute Gasteiger partial charge is 0.0736 e. The van der Waals surface area contributed by atoms with Gasteiger partial charge in [0.1, 0.15) is 0 Å². The molecule has 2 saturated heterocycles. The lowest BCUT2D eigenvalue weighted by Crippen LogP contribution is -2.47. The van der Waals surface area contributed by atoms with Crippen molar-refractivity contribution in [2.75, 3.05) is 26.3 Å². The van der Waals surface area contributed by atoms with Crippen molar-refractivity contribution in [1.82, 2.24) is 9.88 Å². The minimum Gasteiger partial charge on any atom is -0.377 e. The summed E-state index contributed by atoms with van der Waals surface area (Å²) in [5.74, 6) is 0.642. The third kappa shape index (κ3) is 4.34. The summed E-state index contributed by atoms with van der Waals surface area (Å²) in [5, 5.41) is 4.43. The topological polar surface area (TPSA) is 34.6 Å². The second-order valence-electron chi connectivity index (χ2n) is 7.50. The molecule has 5 heteroatoms. The molecule has 1 spiro atoms. The van der Waals surface area contributed by atoms with E-state index in [2.05, 4.69) is 26.7 Å². The van der Waals surface area contributed by atoms with Gasteiger partial charge in [0.2, 0.25) is 0 Å². The molecule has 0 amide bonds. The molecule has 140 valence electrons. The lowest BCUT2D eigenvalue weighted by molar-refractivity contribution is -0.0733. The van der Waals surface area contributed by atoms with Crippen molar-refractivity contribution in [3.05, 3.63) is 52.5 Å². The van der Waals surface area contributed by atoms with Gasteiger partial charge in [0.15, 0.2) is 0 Å². The molecule has 4 rings (SSSR count). The van der Waals surface area contributed by atoms with Crippen LogP contribution in [-0.2, 0) is 22.6 Å². The fourth-order valence-corrected chi connectivity index (χ4v) is 5.03. The van der Waals surface area contributed by atoms with E-state index in [1.54, 1.807) is 11.3 Å². The molecule has 0 aromatic carbocycles. The number of thiophene rings is 1. The average molecular weight is 373 g/mol. The van der Waals surface area contributed by atoms with Crippen LogP contribution >= 0.6 is 11.3 Å². The lowest BCUT2D eigenvalue weighted by atomic mass is 9.78. The van der Waals surface area contributed by atoms with Gasteiger partial charge in [-0.15, -0.1) is 0 Å². The maximum atomic E-state index is 6.30. The summed E-state index contributed by atoms with van der Waals surface area (Å²) in [6, 6.07) is 6.27. The molecule has 2 aromatic heterocycles. The Bertz CT molecular complexity index is 654. The number of aromatic nitrogens is 1. The van der Waals surface area contributed by atoms with Crippen molar-refractivity contribution >= 4 is 11.3 Å². The standard InChI is InChI=1S/C21H28N2O2S/c1-8-22-9-2-18(1)16-24-12-3-20-4-13-25-21(20)6-10-23(11-7-21)15-19-5-14-26-17-19/h1-2,5,8-9,14,17,20H,3-4,6-7,10-13,15-16H2/t20-/m0/s1. The second kappa shape index (κ2) is 8.61. The van der Waals surface area contributed by atoms with Crippen molar-refractivity contribution in [3.63, 3.8) is 0 Å². The molecular weight excluding hydrogens is 344 g/mol. The van der Waals surface area contributed by atoms with E-state index in [4.69, 9.17) is 9.47 Å². The molecule has 0 aliphatic carbocycles. The molecule has 1 atom stereocenters. The first-order valence-corrected chi connectivity index (χ1v) is 10.6. The SMILES string of the molecule is c1cc(COCC[C@H]2CCOC23CCN(Cc2ccsc2)CC3)ccn1. The average Bonchev–Trinajstić information content (AvgIpc) is 3.32. The zero-order valence-electron chi connectivity index (χ0n) is 15.3. The molecule has 2 fully saturated rings. The van der Waals surface area contributed by atoms with Crippen LogP contribution in [0.15, 0.2) is 41.4 Å². The molecule has 4 nitrogen and oxygen atoms in total. The first-order chi connectivity index (χ1) is 12.8. The number of hydrogen-bond acceptors (Lipinski definition) is 5. The van der Waals surface area contributed by atoms with E-state index in [0.29, 0.717) is 12.5 Å². The van der Waals surface area contributed by atoms with Crippen molar-refractivity contribution in [1.29, 1.82) is 0 Å². The molecule has 2 aromatic rings. The predicted molar refractivity (Wildman–Crippen MR) is 104 cm³/mol. The van der Waals surface area contributed by atoms with Crippen LogP contribution in [0.5, 0.6) is 0 Å². The Kier molecular flexibility index (Phi) is 6.00. The van der Waals surface area contributed by atoms with E-state index in [1.165, 1.54) is 17.5 Å².